The van der Waals surface area contributed by atoms with Crippen molar-refractivity contribution in [1.29, 1.82) is 0 Å². The summed E-state index contributed by atoms with van der Waals surface area (Å²) in [7, 11) is 0. The lowest BCUT2D eigenvalue weighted by Crippen LogP contribution is -2.12. The van der Waals surface area contributed by atoms with Crippen molar-refractivity contribution in [2.45, 2.75) is 45.6 Å². The lowest BCUT2D eigenvalue weighted by Gasteiger charge is -2.22. The van der Waals surface area contributed by atoms with Crippen LogP contribution in [0.3, 0.4) is 0 Å². The molecule has 0 radical (unpaired) electrons. The third kappa shape index (κ3) is 3.82. The van der Waals surface area contributed by atoms with Gasteiger partial charge in [-0.15, -0.1) is 0 Å². The molecule has 21 heavy (non-hydrogen) atoms. The SMILES string of the molecule is CC[C@@H](N)c1ccc(Oc2ccccc2C(C)(C)C)cn1. The van der Waals surface area contributed by atoms with E-state index in [2.05, 4.69) is 38.7 Å². The van der Waals surface area contributed by atoms with Crippen molar-refractivity contribution in [3.63, 3.8) is 0 Å². The van der Waals surface area contributed by atoms with Gasteiger partial charge in [0, 0.05) is 11.6 Å². The van der Waals surface area contributed by atoms with Gasteiger partial charge >= 0.3 is 0 Å². The number of benzene rings is 1. The van der Waals surface area contributed by atoms with Crippen LogP contribution in [0, 0.1) is 0 Å². The van der Waals surface area contributed by atoms with Gasteiger partial charge in [-0.05, 0) is 30.0 Å². The summed E-state index contributed by atoms with van der Waals surface area (Å²) in [6, 6.07) is 12.0. The van der Waals surface area contributed by atoms with E-state index in [1.165, 1.54) is 5.56 Å². The van der Waals surface area contributed by atoms with Crippen LogP contribution in [0.5, 0.6) is 11.5 Å². The number of hydrogen-bond donors (Lipinski definition) is 1. The predicted molar refractivity (Wildman–Crippen MR) is 86.7 cm³/mol. The van der Waals surface area contributed by atoms with Gasteiger partial charge in [0.1, 0.15) is 11.5 Å². The van der Waals surface area contributed by atoms with Gasteiger partial charge in [-0.1, -0.05) is 45.9 Å². The second-order valence-corrected chi connectivity index (χ2v) is 6.28. The topological polar surface area (TPSA) is 48.1 Å². The summed E-state index contributed by atoms with van der Waals surface area (Å²) < 4.78 is 6.00. The largest absolute Gasteiger partial charge is 0.455 e. The Labute approximate surface area is 127 Å². The summed E-state index contributed by atoms with van der Waals surface area (Å²) in [6.07, 6.45) is 2.62. The quantitative estimate of drug-likeness (QED) is 0.893. The van der Waals surface area contributed by atoms with E-state index in [-0.39, 0.29) is 11.5 Å². The summed E-state index contributed by atoms with van der Waals surface area (Å²) >= 11 is 0. The Bertz CT molecular complexity index is 585. The zero-order valence-electron chi connectivity index (χ0n) is 13.3. The van der Waals surface area contributed by atoms with Crippen LogP contribution in [0.4, 0.5) is 0 Å². The maximum atomic E-state index is 6.00. The van der Waals surface area contributed by atoms with E-state index in [9.17, 15) is 0 Å². The minimum atomic E-state index is -0.0130. The second kappa shape index (κ2) is 6.27. The number of nitrogens with zero attached hydrogens (tertiary/aromatic N) is 1. The first-order valence-electron chi connectivity index (χ1n) is 7.40. The average Bonchev–Trinajstić information content (AvgIpc) is 2.47. The van der Waals surface area contributed by atoms with Crippen LogP contribution < -0.4 is 10.5 Å². The summed E-state index contributed by atoms with van der Waals surface area (Å²) in [5, 5.41) is 0. The highest BCUT2D eigenvalue weighted by Crippen LogP contribution is 2.33. The number of rotatable bonds is 4. The maximum absolute atomic E-state index is 6.00. The lowest BCUT2D eigenvalue weighted by molar-refractivity contribution is 0.452. The standard InChI is InChI=1S/C18H24N2O/c1-5-15(19)16-11-10-13(12-20-16)21-17-9-7-6-8-14(17)18(2,3)4/h6-12,15H,5,19H2,1-4H3/t15-/m1/s1. The van der Waals surface area contributed by atoms with Crippen molar-refractivity contribution in [3.05, 3.63) is 53.9 Å². The fourth-order valence-corrected chi connectivity index (χ4v) is 2.18. The normalized spacial score (nSPS) is 13.0. The molecule has 3 nitrogen and oxygen atoms in total. The number of ether oxygens (including phenoxy) is 1. The number of aromatic nitrogens is 1. The van der Waals surface area contributed by atoms with Gasteiger partial charge < -0.3 is 10.5 Å². The molecule has 2 N–H and O–H groups in total. The van der Waals surface area contributed by atoms with Crippen molar-refractivity contribution >= 4 is 0 Å². The first-order valence-corrected chi connectivity index (χ1v) is 7.40. The zero-order valence-corrected chi connectivity index (χ0v) is 13.3. The Morgan fingerprint density at radius 3 is 2.43 bits per heavy atom. The first kappa shape index (κ1) is 15.5. The fraction of sp³-hybridized carbons (Fsp3) is 0.389. The molecule has 0 spiro atoms. The molecule has 0 saturated heterocycles. The van der Waals surface area contributed by atoms with Gasteiger partial charge in [0.05, 0.1) is 11.9 Å². The Balaban J connectivity index is 2.23. The molecule has 0 amide bonds. The molecule has 0 aliphatic rings. The molecule has 0 saturated carbocycles. The monoisotopic (exact) mass is 284 g/mol. The average molecular weight is 284 g/mol. The van der Waals surface area contributed by atoms with E-state index in [0.717, 1.165) is 23.6 Å². The molecule has 1 aromatic carbocycles. The summed E-state index contributed by atoms with van der Waals surface area (Å²) in [6.45, 7) is 8.58. The third-order valence-corrected chi connectivity index (χ3v) is 3.50. The molecular weight excluding hydrogens is 260 g/mol. The minimum absolute atomic E-state index is 0.0130. The molecule has 3 heteroatoms. The number of hydrogen-bond acceptors (Lipinski definition) is 3. The Kier molecular flexibility index (Phi) is 4.63. The Hall–Kier alpha value is -1.87. The van der Waals surface area contributed by atoms with Crippen LogP contribution in [0.25, 0.3) is 0 Å². The van der Waals surface area contributed by atoms with Crippen molar-refractivity contribution in [2.24, 2.45) is 5.73 Å². The molecule has 1 aromatic heterocycles. The van der Waals surface area contributed by atoms with E-state index in [1.807, 2.05) is 30.3 Å². The molecule has 1 heterocycles. The number of pyridine rings is 1. The molecule has 0 aliphatic heterocycles. The molecule has 1 atom stereocenters. The van der Waals surface area contributed by atoms with E-state index in [1.54, 1.807) is 6.20 Å². The van der Waals surface area contributed by atoms with E-state index in [0.29, 0.717) is 0 Å². The molecule has 0 unspecified atom stereocenters. The molecular formula is C18H24N2O. The predicted octanol–water partition coefficient (Wildman–Crippen LogP) is 4.58. The summed E-state index contributed by atoms with van der Waals surface area (Å²) in [5.41, 5.74) is 8.09. The minimum Gasteiger partial charge on any atom is -0.455 e. The van der Waals surface area contributed by atoms with Crippen molar-refractivity contribution < 1.29 is 4.74 Å². The van der Waals surface area contributed by atoms with Crippen LogP contribution in [-0.4, -0.2) is 4.98 Å². The summed E-state index contributed by atoms with van der Waals surface area (Å²) in [4.78, 5) is 4.39. The molecule has 0 fully saturated rings. The lowest BCUT2D eigenvalue weighted by atomic mass is 9.86. The van der Waals surface area contributed by atoms with E-state index < -0.39 is 0 Å². The fourth-order valence-electron chi connectivity index (χ4n) is 2.18. The van der Waals surface area contributed by atoms with Crippen LogP contribution in [0.2, 0.25) is 0 Å². The molecule has 2 aromatic rings. The highest BCUT2D eigenvalue weighted by atomic mass is 16.5. The zero-order chi connectivity index (χ0) is 15.5. The van der Waals surface area contributed by atoms with Crippen LogP contribution in [0.1, 0.15) is 51.4 Å². The van der Waals surface area contributed by atoms with Crippen LogP contribution in [-0.2, 0) is 5.41 Å². The van der Waals surface area contributed by atoms with Gasteiger partial charge in [0.2, 0.25) is 0 Å². The molecule has 112 valence electrons. The highest BCUT2D eigenvalue weighted by molar-refractivity contribution is 5.41. The van der Waals surface area contributed by atoms with Crippen molar-refractivity contribution in [3.8, 4) is 11.5 Å². The van der Waals surface area contributed by atoms with Gasteiger partial charge in [-0.25, -0.2) is 0 Å². The molecule has 2 rings (SSSR count). The van der Waals surface area contributed by atoms with Gasteiger partial charge in [-0.2, -0.15) is 0 Å². The second-order valence-electron chi connectivity index (χ2n) is 6.28. The highest BCUT2D eigenvalue weighted by Gasteiger charge is 2.18. The maximum Gasteiger partial charge on any atom is 0.145 e. The number of nitrogens with two attached hydrogens (primary N) is 1. The van der Waals surface area contributed by atoms with Crippen molar-refractivity contribution in [1.82, 2.24) is 4.98 Å². The van der Waals surface area contributed by atoms with E-state index in [4.69, 9.17) is 10.5 Å². The smallest absolute Gasteiger partial charge is 0.145 e. The van der Waals surface area contributed by atoms with E-state index >= 15 is 0 Å². The van der Waals surface area contributed by atoms with Gasteiger partial charge in [0.25, 0.3) is 0 Å². The third-order valence-electron chi connectivity index (χ3n) is 3.50. The first-order chi connectivity index (χ1) is 9.91. The van der Waals surface area contributed by atoms with Crippen LogP contribution >= 0.6 is 0 Å². The summed E-state index contributed by atoms with van der Waals surface area (Å²) in [5.74, 6) is 1.61. The van der Waals surface area contributed by atoms with Gasteiger partial charge in [-0.3, -0.25) is 4.98 Å². The Morgan fingerprint density at radius 1 is 1.14 bits per heavy atom. The molecule has 0 aliphatic carbocycles. The molecule has 0 bridgehead atoms. The van der Waals surface area contributed by atoms with Crippen LogP contribution in [0.15, 0.2) is 42.6 Å². The van der Waals surface area contributed by atoms with Gasteiger partial charge in [0.15, 0.2) is 0 Å². The Morgan fingerprint density at radius 2 is 1.86 bits per heavy atom. The number of para-hydroxylation sites is 1. The van der Waals surface area contributed by atoms with Crippen molar-refractivity contribution in [2.75, 3.05) is 0 Å².